The van der Waals surface area contributed by atoms with Crippen molar-refractivity contribution in [1.29, 1.82) is 0 Å². The van der Waals surface area contributed by atoms with E-state index in [0.717, 1.165) is 0 Å². The van der Waals surface area contributed by atoms with Gasteiger partial charge in [0.25, 0.3) is 0 Å². The SMILES string of the molecule is COc1cc(-c2ncco2)cc(O)c1OC. The van der Waals surface area contributed by atoms with Gasteiger partial charge in [-0.3, -0.25) is 0 Å². The van der Waals surface area contributed by atoms with Gasteiger partial charge < -0.3 is 19.0 Å². The number of methoxy groups -OCH3 is 2. The predicted molar refractivity (Wildman–Crippen MR) is 56.7 cm³/mol. The summed E-state index contributed by atoms with van der Waals surface area (Å²) in [5.74, 6) is 1.11. The van der Waals surface area contributed by atoms with Gasteiger partial charge in [0, 0.05) is 5.56 Å². The monoisotopic (exact) mass is 221 g/mol. The average Bonchev–Trinajstić information content (AvgIpc) is 2.81. The molecule has 2 aromatic rings. The number of aromatic nitrogens is 1. The summed E-state index contributed by atoms with van der Waals surface area (Å²) >= 11 is 0. The quantitative estimate of drug-likeness (QED) is 0.859. The third kappa shape index (κ3) is 1.67. The first-order valence-corrected chi connectivity index (χ1v) is 4.61. The fourth-order valence-electron chi connectivity index (χ4n) is 1.43. The normalized spacial score (nSPS) is 10.1. The fraction of sp³-hybridized carbons (Fsp3) is 0.182. The Bertz CT molecular complexity index is 479. The van der Waals surface area contributed by atoms with E-state index >= 15 is 0 Å². The summed E-state index contributed by atoms with van der Waals surface area (Å²) in [5, 5.41) is 9.73. The number of hydrogen-bond acceptors (Lipinski definition) is 5. The molecule has 16 heavy (non-hydrogen) atoms. The maximum atomic E-state index is 9.73. The van der Waals surface area contributed by atoms with E-state index in [1.54, 1.807) is 6.07 Å². The second-order valence-corrected chi connectivity index (χ2v) is 3.07. The molecule has 1 heterocycles. The standard InChI is InChI=1S/C11H11NO4/c1-14-9-6-7(11-12-3-4-16-11)5-8(13)10(9)15-2/h3-6,13H,1-2H3. The van der Waals surface area contributed by atoms with Gasteiger partial charge in [-0.25, -0.2) is 4.98 Å². The number of benzene rings is 1. The molecule has 0 spiro atoms. The van der Waals surface area contributed by atoms with Crippen molar-refractivity contribution in [3.05, 3.63) is 24.6 Å². The highest BCUT2D eigenvalue weighted by Crippen LogP contribution is 2.39. The molecule has 0 aliphatic rings. The summed E-state index contributed by atoms with van der Waals surface area (Å²) in [6.45, 7) is 0. The summed E-state index contributed by atoms with van der Waals surface area (Å²) in [4.78, 5) is 3.98. The third-order valence-electron chi connectivity index (χ3n) is 2.14. The highest BCUT2D eigenvalue weighted by molar-refractivity contribution is 5.65. The Morgan fingerprint density at radius 1 is 1.25 bits per heavy atom. The fourth-order valence-corrected chi connectivity index (χ4v) is 1.43. The molecule has 0 atom stereocenters. The van der Waals surface area contributed by atoms with Crippen LogP contribution >= 0.6 is 0 Å². The lowest BCUT2D eigenvalue weighted by atomic mass is 10.2. The summed E-state index contributed by atoms with van der Waals surface area (Å²) in [6.07, 6.45) is 2.99. The maximum absolute atomic E-state index is 9.73. The van der Waals surface area contributed by atoms with Crippen LogP contribution in [-0.2, 0) is 0 Å². The molecule has 0 radical (unpaired) electrons. The molecule has 5 nitrogen and oxygen atoms in total. The Labute approximate surface area is 92.3 Å². The molecule has 84 valence electrons. The summed E-state index contributed by atoms with van der Waals surface area (Å²) in [6, 6.07) is 3.19. The molecule has 2 rings (SSSR count). The molecule has 1 N–H and O–H groups in total. The van der Waals surface area contributed by atoms with Gasteiger partial charge in [0.05, 0.1) is 20.4 Å². The molecule has 1 aromatic heterocycles. The van der Waals surface area contributed by atoms with E-state index in [1.165, 1.54) is 32.7 Å². The van der Waals surface area contributed by atoms with E-state index < -0.39 is 0 Å². The molecule has 0 bridgehead atoms. The van der Waals surface area contributed by atoms with Gasteiger partial charge in [0.15, 0.2) is 11.5 Å². The van der Waals surface area contributed by atoms with Gasteiger partial charge in [-0.1, -0.05) is 0 Å². The number of rotatable bonds is 3. The number of phenols is 1. The highest BCUT2D eigenvalue weighted by Gasteiger charge is 2.14. The third-order valence-corrected chi connectivity index (χ3v) is 2.14. The number of oxazole rings is 1. The van der Waals surface area contributed by atoms with Gasteiger partial charge in [0.2, 0.25) is 11.6 Å². The van der Waals surface area contributed by atoms with E-state index in [0.29, 0.717) is 17.2 Å². The molecule has 0 fully saturated rings. The van der Waals surface area contributed by atoms with Crippen LogP contribution in [0.5, 0.6) is 17.2 Å². The van der Waals surface area contributed by atoms with E-state index in [9.17, 15) is 5.11 Å². The highest BCUT2D eigenvalue weighted by atomic mass is 16.5. The van der Waals surface area contributed by atoms with Crippen LogP contribution < -0.4 is 9.47 Å². The van der Waals surface area contributed by atoms with Crippen LogP contribution in [0, 0.1) is 0 Å². The second kappa shape index (κ2) is 4.14. The topological polar surface area (TPSA) is 64.7 Å². The lowest BCUT2D eigenvalue weighted by molar-refractivity contribution is 0.333. The van der Waals surface area contributed by atoms with Gasteiger partial charge in [-0.2, -0.15) is 0 Å². The van der Waals surface area contributed by atoms with Crippen molar-refractivity contribution in [3.63, 3.8) is 0 Å². The van der Waals surface area contributed by atoms with Crippen LogP contribution in [0.15, 0.2) is 29.0 Å². The van der Waals surface area contributed by atoms with E-state index in [2.05, 4.69) is 4.98 Å². The van der Waals surface area contributed by atoms with Gasteiger partial charge in [-0.15, -0.1) is 0 Å². The predicted octanol–water partition coefficient (Wildman–Crippen LogP) is 2.06. The Hall–Kier alpha value is -2.17. The Morgan fingerprint density at radius 3 is 2.62 bits per heavy atom. The minimum absolute atomic E-state index is 0.0185. The van der Waals surface area contributed by atoms with Crippen LogP contribution in [0.4, 0.5) is 0 Å². The van der Waals surface area contributed by atoms with Crippen LogP contribution in [0.25, 0.3) is 11.5 Å². The number of aromatic hydroxyl groups is 1. The van der Waals surface area contributed by atoms with Crippen LogP contribution in [0.3, 0.4) is 0 Å². The Kier molecular flexibility index (Phi) is 2.68. The van der Waals surface area contributed by atoms with Crippen molar-refractivity contribution in [1.82, 2.24) is 4.98 Å². The van der Waals surface area contributed by atoms with Crippen LogP contribution in [-0.4, -0.2) is 24.3 Å². The molecular formula is C11H11NO4. The Morgan fingerprint density at radius 2 is 2.06 bits per heavy atom. The maximum Gasteiger partial charge on any atom is 0.226 e. The summed E-state index contributed by atoms with van der Waals surface area (Å²) in [7, 11) is 2.96. The number of ether oxygens (including phenoxy) is 2. The van der Waals surface area contributed by atoms with Gasteiger partial charge >= 0.3 is 0 Å². The van der Waals surface area contributed by atoms with Crippen molar-refractivity contribution in [2.75, 3.05) is 14.2 Å². The molecule has 0 aliphatic heterocycles. The van der Waals surface area contributed by atoms with E-state index in [-0.39, 0.29) is 11.5 Å². The smallest absolute Gasteiger partial charge is 0.226 e. The number of phenolic OH excluding ortho intramolecular Hbond substituents is 1. The number of nitrogens with zero attached hydrogens (tertiary/aromatic N) is 1. The van der Waals surface area contributed by atoms with E-state index in [4.69, 9.17) is 13.9 Å². The van der Waals surface area contributed by atoms with Crippen molar-refractivity contribution in [3.8, 4) is 28.7 Å². The minimum atomic E-state index is -0.0185. The largest absolute Gasteiger partial charge is 0.504 e. The zero-order valence-corrected chi connectivity index (χ0v) is 8.93. The number of hydrogen-bond donors (Lipinski definition) is 1. The first-order chi connectivity index (χ1) is 7.76. The second-order valence-electron chi connectivity index (χ2n) is 3.07. The summed E-state index contributed by atoms with van der Waals surface area (Å²) < 4.78 is 15.2. The lowest BCUT2D eigenvalue weighted by Crippen LogP contribution is -1.91. The zero-order valence-electron chi connectivity index (χ0n) is 8.93. The van der Waals surface area contributed by atoms with Crippen molar-refractivity contribution < 1.29 is 19.0 Å². The Balaban J connectivity index is 2.54. The van der Waals surface area contributed by atoms with Crippen LogP contribution in [0.2, 0.25) is 0 Å². The first-order valence-electron chi connectivity index (χ1n) is 4.61. The van der Waals surface area contributed by atoms with E-state index in [1.807, 2.05) is 0 Å². The van der Waals surface area contributed by atoms with Crippen molar-refractivity contribution in [2.45, 2.75) is 0 Å². The van der Waals surface area contributed by atoms with Gasteiger partial charge in [-0.05, 0) is 12.1 Å². The lowest BCUT2D eigenvalue weighted by Gasteiger charge is -2.10. The molecule has 0 amide bonds. The molecule has 0 saturated heterocycles. The summed E-state index contributed by atoms with van der Waals surface area (Å²) in [5.41, 5.74) is 0.625. The van der Waals surface area contributed by atoms with Crippen LogP contribution in [0.1, 0.15) is 0 Å². The minimum Gasteiger partial charge on any atom is -0.504 e. The molecule has 1 aromatic carbocycles. The first kappa shape index (κ1) is 10.4. The molecular weight excluding hydrogens is 210 g/mol. The molecule has 0 aliphatic carbocycles. The average molecular weight is 221 g/mol. The van der Waals surface area contributed by atoms with Crippen molar-refractivity contribution in [2.24, 2.45) is 0 Å². The van der Waals surface area contributed by atoms with Crippen molar-refractivity contribution >= 4 is 0 Å². The molecule has 5 heteroatoms. The molecule has 0 saturated carbocycles. The molecule has 0 unspecified atom stereocenters. The zero-order chi connectivity index (χ0) is 11.5. The van der Waals surface area contributed by atoms with Gasteiger partial charge in [0.1, 0.15) is 6.26 Å².